The highest BCUT2D eigenvalue weighted by Gasteiger charge is 2.27. The molecule has 5 nitrogen and oxygen atoms in total. The average Bonchev–Trinajstić information content (AvgIpc) is 2.03. The van der Waals surface area contributed by atoms with E-state index in [4.69, 9.17) is 9.66 Å². The molecule has 3 N–H and O–H groups in total. The number of carboxylic acid groups (broad SMARTS) is 1. The smallest absolute Gasteiger partial charge is 0.320 e. The third-order valence-corrected chi connectivity index (χ3v) is 2.95. The van der Waals surface area contributed by atoms with Crippen LogP contribution >= 0.6 is 0 Å². The van der Waals surface area contributed by atoms with Gasteiger partial charge in [0.2, 0.25) is 0 Å². The molecule has 3 atom stereocenters. The van der Waals surface area contributed by atoms with Crippen LogP contribution in [0, 0.1) is 5.92 Å². The normalized spacial score (nSPS) is 31.2. The standard InChI is InChI=1S/C7H13NO4S/c9-7(10)6-3-5(1-2-8-6)4-13(11)12/h5-6,8H,1-4H2,(H,9,10)(H,11,12). The van der Waals surface area contributed by atoms with Crippen LogP contribution in [0.3, 0.4) is 0 Å². The van der Waals surface area contributed by atoms with Crippen LogP contribution < -0.4 is 5.32 Å². The molecular formula is C7H13NO4S. The highest BCUT2D eigenvalue weighted by atomic mass is 32.2. The molecule has 0 spiro atoms. The third kappa shape index (κ3) is 3.41. The Hall–Kier alpha value is -0.460. The maximum absolute atomic E-state index is 10.6. The van der Waals surface area contributed by atoms with Crippen LogP contribution in [0.25, 0.3) is 0 Å². The van der Waals surface area contributed by atoms with Crippen molar-refractivity contribution in [2.75, 3.05) is 12.3 Å². The molecule has 0 aromatic heterocycles. The first-order valence-electron chi connectivity index (χ1n) is 4.13. The summed E-state index contributed by atoms with van der Waals surface area (Å²) in [6, 6.07) is -0.553. The molecule has 0 aromatic carbocycles. The lowest BCUT2D eigenvalue weighted by Gasteiger charge is -2.26. The van der Waals surface area contributed by atoms with Gasteiger partial charge in [-0.05, 0) is 25.3 Å². The minimum absolute atomic E-state index is 0.0492. The molecule has 0 saturated carbocycles. The third-order valence-electron chi connectivity index (χ3n) is 2.19. The average molecular weight is 207 g/mol. The van der Waals surface area contributed by atoms with E-state index in [1.165, 1.54) is 0 Å². The Bertz CT molecular complexity index is 221. The summed E-state index contributed by atoms with van der Waals surface area (Å²) < 4.78 is 19.1. The van der Waals surface area contributed by atoms with Crippen molar-refractivity contribution in [3.8, 4) is 0 Å². The van der Waals surface area contributed by atoms with E-state index in [9.17, 15) is 9.00 Å². The zero-order chi connectivity index (χ0) is 9.84. The van der Waals surface area contributed by atoms with Gasteiger partial charge in [0.15, 0.2) is 11.1 Å². The zero-order valence-electron chi connectivity index (χ0n) is 7.10. The Morgan fingerprint density at radius 2 is 2.31 bits per heavy atom. The maximum Gasteiger partial charge on any atom is 0.320 e. The molecule has 1 rings (SSSR count). The summed E-state index contributed by atoms with van der Waals surface area (Å²) in [5, 5.41) is 11.5. The molecule has 0 bridgehead atoms. The minimum Gasteiger partial charge on any atom is -0.480 e. The quantitative estimate of drug-likeness (QED) is 0.551. The molecule has 3 unspecified atom stereocenters. The van der Waals surface area contributed by atoms with Gasteiger partial charge in [-0.25, -0.2) is 4.21 Å². The van der Waals surface area contributed by atoms with E-state index in [1.807, 2.05) is 0 Å². The summed E-state index contributed by atoms with van der Waals surface area (Å²) in [5.41, 5.74) is 0. The topological polar surface area (TPSA) is 86.6 Å². The van der Waals surface area contributed by atoms with Crippen LogP contribution in [0.4, 0.5) is 0 Å². The largest absolute Gasteiger partial charge is 0.480 e. The summed E-state index contributed by atoms with van der Waals surface area (Å²) in [5.74, 6) is -0.646. The lowest BCUT2D eigenvalue weighted by atomic mass is 9.94. The molecule has 13 heavy (non-hydrogen) atoms. The van der Waals surface area contributed by atoms with Crippen LogP contribution in [0.1, 0.15) is 12.8 Å². The van der Waals surface area contributed by atoms with Gasteiger partial charge in [0.25, 0.3) is 0 Å². The van der Waals surface area contributed by atoms with Crippen molar-refractivity contribution in [3.63, 3.8) is 0 Å². The number of carbonyl (C=O) groups is 1. The van der Waals surface area contributed by atoms with Crippen molar-refractivity contribution in [1.29, 1.82) is 0 Å². The Kier molecular flexibility index (Phi) is 3.83. The fraction of sp³-hybridized carbons (Fsp3) is 0.857. The second kappa shape index (κ2) is 4.69. The Balaban J connectivity index is 2.41. The van der Waals surface area contributed by atoms with Crippen LogP contribution in [-0.4, -0.2) is 38.2 Å². The van der Waals surface area contributed by atoms with Gasteiger partial charge < -0.3 is 15.0 Å². The number of carboxylic acids is 1. The fourth-order valence-corrected chi connectivity index (χ4v) is 2.24. The van der Waals surface area contributed by atoms with E-state index in [0.29, 0.717) is 13.0 Å². The molecule has 1 heterocycles. The van der Waals surface area contributed by atoms with Crippen molar-refractivity contribution >= 4 is 17.0 Å². The van der Waals surface area contributed by atoms with Gasteiger partial charge in [-0.15, -0.1) is 0 Å². The van der Waals surface area contributed by atoms with Gasteiger partial charge in [-0.1, -0.05) is 0 Å². The van der Waals surface area contributed by atoms with Gasteiger partial charge in [0, 0.05) is 0 Å². The number of hydrogen-bond acceptors (Lipinski definition) is 3. The summed E-state index contributed by atoms with van der Waals surface area (Å²) in [6.07, 6.45) is 1.22. The van der Waals surface area contributed by atoms with E-state index in [0.717, 1.165) is 6.42 Å². The lowest BCUT2D eigenvalue weighted by molar-refractivity contribution is -0.140. The highest BCUT2D eigenvalue weighted by molar-refractivity contribution is 7.79. The lowest BCUT2D eigenvalue weighted by Crippen LogP contribution is -2.44. The molecule has 1 fully saturated rings. The van der Waals surface area contributed by atoms with E-state index >= 15 is 0 Å². The van der Waals surface area contributed by atoms with Gasteiger partial charge in [-0.2, -0.15) is 0 Å². The molecule has 1 aliphatic heterocycles. The van der Waals surface area contributed by atoms with Crippen LogP contribution in [-0.2, 0) is 15.9 Å². The van der Waals surface area contributed by atoms with Crippen molar-refractivity contribution in [3.05, 3.63) is 0 Å². The van der Waals surface area contributed by atoms with E-state index in [1.54, 1.807) is 0 Å². The molecule has 1 saturated heterocycles. The first-order valence-corrected chi connectivity index (χ1v) is 5.41. The van der Waals surface area contributed by atoms with Crippen molar-refractivity contribution < 1.29 is 18.7 Å². The van der Waals surface area contributed by atoms with Crippen molar-refractivity contribution in [1.82, 2.24) is 5.32 Å². The number of hydrogen-bond donors (Lipinski definition) is 3. The fourth-order valence-electron chi connectivity index (χ4n) is 1.54. The first kappa shape index (κ1) is 10.6. The predicted octanol–water partition coefficient (Wildman–Crippen LogP) is -0.339. The summed E-state index contributed by atoms with van der Waals surface area (Å²) >= 11 is -1.81. The Labute approximate surface area is 78.8 Å². The van der Waals surface area contributed by atoms with Crippen molar-refractivity contribution in [2.45, 2.75) is 18.9 Å². The molecule has 0 aliphatic carbocycles. The highest BCUT2D eigenvalue weighted by Crippen LogP contribution is 2.16. The molecule has 0 radical (unpaired) electrons. The van der Waals surface area contributed by atoms with E-state index in [2.05, 4.69) is 5.32 Å². The first-order chi connectivity index (χ1) is 6.09. The van der Waals surface area contributed by atoms with Crippen molar-refractivity contribution in [2.24, 2.45) is 5.92 Å². The van der Waals surface area contributed by atoms with Gasteiger partial charge in [0.05, 0.1) is 5.75 Å². The monoisotopic (exact) mass is 207 g/mol. The maximum atomic E-state index is 10.6. The molecule has 0 amide bonds. The summed E-state index contributed by atoms with van der Waals surface area (Å²) in [6.45, 7) is 0.610. The molecule has 0 aromatic rings. The number of nitrogens with one attached hydrogen (secondary N) is 1. The zero-order valence-corrected chi connectivity index (χ0v) is 7.92. The second-order valence-electron chi connectivity index (χ2n) is 3.22. The summed E-state index contributed by atoms with van der Waals surface area (Å²) in [4.78, 5) is 10.6. The number of aliphatic carboxylic acids is 1. The second-order valence-corrected chi connectivity index (χ2v) is 4.20. The SMILES string of the molecule is O=C(O)C1CC(CS(=O)O)CCN1. The van der Waals surface area contributed by atoms with E-state index in [-0.39, 0.29) is 11.7 Å². The molecular weight excluding hydrogens is 194 g/mol. The van der Waals surface area contributed by atoms with Crippen LogP contribution in [0.2, 0.25) is 0 Å². The van der Waals surface area contributed by atoms with Gasteiger partial charge >= 0.3 is 5.97 Å². The predicted molar refractivity (Wildman–Crippen MR) is 47.8 cm³/mol. The van der Waals surface area contributed by atoms with E-state index < -0.39 is 23.1 Å². The Morgan fingerprint density at radius 3 is 2.85 bits per heavy atom. The van der Waals surface area contributed by atoms with Crippen LogP contribution in [0.5, 0.6) is 0 Å². The molecule has 6 heteroatoms. The van der Waals surface area contributed by atoms with Gasteiger partial charge in [0.1, 0.15) is 6.04 Å². The van der Waals surface area contributed by atoms with Crippen LogP contribution in [0.15, 0.2) is 0 Å². The number of piperidine rings is 1. The summed E-state index contributed by atoms with van der Waals surface area (Å²) in [7, 11) is 0. The molecule has 1 aliphatic rings. The minimum atomic E-state index is -1.81. The number of rotatable bonds is 3. The Morgan fingerprint density at radius 1 is 1.62 bits per heavy atom. The van der Waals surface area contributed by atoms with Gasteiger partial charge in [-0.3, -0.25) is 4.79 Å². The molecule has 76 valence electrons.